The first kappa shape index (κ1) is 18.2. The van der Waals surface area contributed by atoms with Crippen molar-refractivity contribution in [3.8, 4) is 0 Å². The summed E-state index contributed by atoms with van der Waals surface area (Å²) in [5.41, 5.74) is 0. The van der Waals surface area contributed by atoms with E-state index in [2.05, 4.69) is 36.6 Å². The zero-order chi connectivity index (χ0) is 15.7. The Morgan fingerprint density at radius 3 is 2.71 bits per heavy atom. The number of aliphatic hydroxyl groups excluding tert-OH is 1. The van der Waals surface area contributed by atoms with E-state index < -0.39 is 0 Å². The van der Waals surface area contributed by atoms with Crippen molar-refractivity contribution in [2.75, 3.05) is 27.2 Å². The van der Waals surface area contributed by atoms with Crippen LogP contribution >= 0.6 is 0 Å². The summed E-state index contributed by atoms with van der Waals surface area (Å²) in [7, 11) is 4.22. The highest BCUT2D eigenvalue weighted by molar-refractivity contribution is 5.74. The zero-order valence-electron chi connectivity index (χ0n) is 13.9. The molecule has 124 valence electrons. The molecule has 1 rings (SSSR count). The van der Waals surface area contributed by atoms with Crippen LogP contribution in [0.5, 0.6) is 0 Å². The smallest absolute Gasteiger partial charge is 0.315 e. The van der Waals surface area contributed by atoms with Crippen LogP contribution in [0.25, 0.3) is 0 Å². The van der Waals surface area contributed by atoms with E-state index in [4.69, 9.17) is 5.11 Å². The van der Waals surface area contributed by atoms with Crippen molar-refractivity contribution in [2.45, 2.75) is 64.0 Å². The second kappa shape index (κ2) is 10.0. The highest BCUT2D eigenvalue weighted by atomic mass is 16.3. The summed E-state index contributed by atoms with van der Waals surface area (Å²) in [5, 5.41) is 15.1. The molecule has 0 aromatic rings. The standard InChI is InChI=1S/C16H33N3O2/c1-4-6-13(9-10-20)12-17-16(21)18-14-7-5-8-15(11-14)19(2)3/h13-15,20H,4-12H2,1-3H3,(H2,17,18,21). The Hall–Kier alpha value is -0.810. The van der Waals surface area contributed by atoms with Crippen LogP contribution in [0.2, 0.25) is 0 Å². The molecular formula is C16H33N3O2. The lowest BCUT2D eigenvalue weighted by atomic mass is 9.90. The summed E-state index contributed by atoms with van der Waals surface area (Å²) < 4.78 is 0. The molecule has 0 aliphatic heterocycles. The van der Waals surface area contributed by atoms with Crippen LogP contribution in [0.4, 0.5) is 4.79 Å². The zero-order valence-corrected chi connectivity index (χ0v) is 13.9. The van der Waals surface area contributed by atoms with Gasteiger partial charge in [-0.1, -0.05) is 13.3 Å². The Morgan fingerprint density at radius 2 is 2.10 bits per heavy atom. The maximum Gasteiger partial charge on any atom is 0.315 e. The lowest BCUT2D eigenvalue weighted by Gasteiger charge is -2.33. The predicted molar refractivity (Wildman–Crippen MR) is 86.4 cm³/mol. The predicted octanol–water partition coefficient (Wildman–Crippen LogP) is 1.96. The Balaban J connectivity index is 2.29. The lowest BCUT2D eigenvalue weighted by Crippen LogP contribution is -2.48. The maximum absolute atomic E-state index is 12.0. The van der Waals surface area contributed by atoms with Crippen molar-refractivity contribution in [1.82, 2.24) is 15.5 Å². The molecule has 0 bridgehead atoms. The van der Waals surface area contributed by atoms with Gasteiger partial charge in [0.15, 0.2) is 0 Å². The molecule has 3 N–H and O–H groups in total. The minimum absolute atomic E-state index is 0.0570. The minimum Gasteiger partial charge on any atom is -0.396 e. The second-order valence-electron chi connectivity index (χ2n) is 6.50. The summed E-state index contributed by atoms with van der Waals surface area (Å²) in [6.07, 6.45) is 7.41. The number of aliphatic hydroxyl groups is 1. The van der Waals surface area contributed by atoms with Gasteiger partial charge in [0.05, 0.1) is 0 Å². The number of hydrogen-bond acceptors (Lipinski definition) is 3. The largest absolute Gasteiger partial charge is 0.396 e. The van der Waals surface area contributed by atoms with Gasteiger partial charge >= 0.3 is 6.03 Å². The van der Waals surface area contributed by atoms with Gasteiger partial charge in [0, 0.05) is 25.2 Å². The summed E-state index contributed by atoms with van der Waals surface area (Å²) in [6.45, 7) is 2.99. The van der Waals surface area contributed by atoms with Crippen molar-refractivity contribution in [3.05, 3.63) is 0 Å². The Bertz CT molecular complexity index is 291. The first-order valence-corrected chi connectivity index (χ1v) is 8.38. The fourth-order valence-electron chi connectivity index (χ4n) is 3.18. The molecule has 0 spiro atoms. The van der Waals surface area contributed by atoms with Gasteiger partial charge in [-0.2, -0.15) is 0 Å². The monoisotopic (exact) mass is 299 g/mol. The van der Waals surface area contributed by atoms with Gasteiger partial charge in [-0.3, -0.25) is 0 Å². The van der Waals surface area contributed by atoms with Crippen LogP contribution in [0.1, 0.15) is 51.9 Å². The third-order valence-corrected chi connectivity index (χ3v) is 4.50. The fourth-order valence-corrected chi connectivity index (χ4v) is 3.18. The van der Waals surface area contributed by atoms with Crippen LogP contribution in [0, 0.1) is 5.92 Å². The molecule has 0 saturated heterocycles. The lowest BCUT2D eigenvalue weighted by molar-refractivity contribution is 0.191. The molecule has 0 aromatic heterocycles. The SMILES string of the molecule is CCCC(CCO)CNC(=O)NC1CCCC(N(C)C)C1. The second-order valence-corrected chi connectivity index (χ2v) is 6.50. The van der Waals surface area contributed by atoms with E-state index in [9.17, 15) is 4.79 Å². The Kier molecular flexibility index (Phi) is 8.69. The number of nitrogens with one attached hydrogen (secondary N) is 2. The Morgan fingerprint density at radius 1 is 1.33 bits per heavy atom. The number of amides is 2. The van der Waals surface area contributed by atoms with Gasteiger partial charge in [-0.25, -0.2) is 4.79 Å². The highest BCUT2D eigenvalue weighted by Crippen LogP contribution is 2.21. The van der Waals surface area contributed by atoms with Crippen molar-refractivity contribution in [1.29, 1.82) is 0 Å². The topological polar surface area (TPSA) is 64.6 Å². The fraction of sp³-hybridized carbons (Fsp3) is 0.938. The van der Waals surface area contributed by atoms with Gasteiger partial charge in [0.1, 0.15) is 0 Å². The molecule has 21 heavy (non-hydrogen) atoms. The summed E-state index contributed by atoms with van der Waals surface area (Å²) in [5.74, 6) is 0.381. The van der Waals surface area contributed by atoms with Crippen LogP contribution in [-0.4, -0.2) is 55.4 Å². The van der Waals surface area contributed by atoms with E-state index in [0.717, 1.165) is 32.1 Å². The van der Waals surface area contributed by atoms with Gasteiger partial charge < -0.3 is 20.6 Å². The molecule has 0 radical (unpaired) electrons. The molecule has 1 aliphatic rings. The van der Waals surface area contributed by atoms with Crippen molar-refractivity contribution < 1.29 is 9.90 Å². The van der Waals surface area contributed by atoms with Crippen LogP contribution < -0.4 is 10.6 Å². The third-order valence-electron chi connectivity index (χ3n) is 4.50. The molecule has 2 amide bonds. The number of urea groups is 1. The third kappa shape index (κ3) is 7.14. The molecule has 3 unspecified atom stereocenters. The molecule has 0 aromatic carbocycles. The average Bonchev–Trinajstić information content (AvgIpc) is 2.45. The summed E-state index contributed by atoms with van der Waals surface area (Å²) >= 11 is 0. The van der Waals surface area contributed by atoms with E-state index in [1.807, 2.05) is 0 Å². The van der Waals surface area contributed by atoms with E-state index in [1.54, 1.807) is 0 Å². The molecule has 1 aliphatic carbocycles. The molecule has 3 atom stereocenters. The van der Waals surface area contributed by atoms with Crippen LogP contribution in [0.3, 0.4) is 0 Å². The molecular weight excluding hydrogens is 266 g/mol. The molecule has 5 heteroatoms. The van der Waals surface area contributed by atoms with E-state index in [-0.39, 0.29) is 18.7 Å². The first-order chi connectivity index (χ1) is 10.1. The van der Waals surface area contributed by atoms with Crippen molar-refractivity contribution in [2.24, 2.45) is 5.92 Å². The van der Waals surface area contributed by atoms with Crippen molar-refractivity contribution in [3.63, 3.8) is 0 Å². The van der Waals surface area contributed by atoms with Gasteiger partial charge in [-0.15, -0.1) is 0 Å². The first-order valence-electron chi connectivity index (χ1n) is 8.38. The van der Waals surface area contributed by atoms with E-state index >= 15 is 0 Å². The average molecular weight is 299 g/mol. The molecule has 1 fully saturated rings. The van der Waals surface area contributed by atoms with E-state index in [1.165, 1.54) is 12.8 Å². The summed E-state index contributed by atoms with van der Waals surface area (Å²) in [4.78, 5) is 14.3. The number of carbonyl (C=O) groups excluding carboxylic acids is 1. The van der Waals surface area contributed by atoms with Crippen LogP contribution in [-0.2, 0) is 0 Å². The molecule has 5 nitrogen and oxygen atoms in total. The minimum atomic E-state index is -0.0570. The molecule has 0 heterocycles. The van der Waals surface area contributed by atoms with Crippen molar-refractivity contribution >= 4 is 6.03 Å². The maximum atomic E-state index is 12.0. The molecule has 1 saturated carbocycles. The number of rotatable bonds is 8. The van der Waals surface area contributed by atoms with Gasteiger partial charge in [-0.05, 0) is 58.5 Å². The van der Waals surface area contributed by atoms with Gasteiger partial charge in [0.2, 0.25) is 0 Å². The van der Waals surface area contributed by atoms with E-state index in [0.29, 0.717) is 18.5 Å². The number of nitrogens with zero attached hydrogens (tertiary/aromatic N) is 1. The Labute approximate surface area is 129 Å². The van der Waals surface area contributed by atoms with Crippen LogP contribution in [0.15, 0.2) is 0 Å². The quantitative estimate of drug-likeness (QED) is 0.642. The number of hydrogen-bond donors (Lipinski definition) is 3. The summed E-state index contributed by atoms with van der Waals surface area (Å²) in [6, 6.07) is 0.804. The number of carbonyl (C=O) groups is 1. The highest BCUT2D eigenvalue weighted by Gasteiger charge is 2.24. The normalized spacial score (nSPS) is 23.9. The van der Waals surface area contributed by atoms with Gasteiger partial charge in [0.25, 0.3) is 0 Å².